The average molecular weight is 494 g/mol. The molecule has 35 heavy (non-hydrogen) atoms. The number of esters is 1. The number of carbonyl (C=O) groups excluding carboxylic acids is 2. The predicted molar refractivity (Wildman–Crippen MR) is 135 cm³/mol. The maximum Gasteiger partial charge on any atom is 0.325 e. The summed E-state index contributed by atoms with van der Waals surface area (Å²) >= 11 is 1.48. The van der Waals surface area contributed by atoms with Crippen molar-refractivity contribution in [3.8, 4) is 17.0 Å². The molecule has 1 amide bonds. The van der Waals surface area contributed by atoms with Crippen molar-refractivity contribution in [1.29, 1.82) is 0 Å². The molecule has 1 aromatic heterocycles. The van der Waals surface area contributed by atoms with Crippen LogP contribution in [0.5, 0.6) is 5.75 Å². The van der Waals surface area contributed by atoms with E-state index in [0.29, 0.717) is 33.4 Å². The number of aromatic amines is 1. The van der Waals surface area contributed by atoms with Crippen molar-refractivity contribution >= 4 is 29.3 Å². The summed E-state index contributed by atoms with van der Waals surface area (Å²) < 4.78 is 7.12. The van der Waals surface area contributed by atoms with Crippen molar-refractivity contribution in [3.05, 3.63) is 63.9 Å². The monoisotopic (exact) mass is 493 g/mol. The SMILES string of the molecule is CCCCCSc1n[n+]2c(c(=O)[nH]1)-c1ccccc1N(C(C)=O)[C@H]2c1cc(C)ccc1OC(C)=O. The van der Waals surface area contributed by atoms with Gasteiger partial charge in [-0.1, -0.05) is 55.3 Å². The van der Waals surface area contributed by atoms with Crippen molar-refractivity contribution in [3.63, 3.8) is 0 Å². The van der Waals surface area contributed by atoms with Crippen LogP contribution in [0.25, 0.3) is 11.3 Å². The number of aryl methyl sites for hydroxylation is 1. The maximum atomic E-state index is 13.4. The van der Waals surface area contributed by atoms with E-state index in [4.69, 9.17) is 9.84 Å². The van der Waals surface area contributed by atoms with Gasteiger partial charge in [-0.3, -0.25) is 19.4 Å². The third-order valence-corrected chi connectivity index (χ3v) is 6.73. The molecular formula is C26H29N4O4S+. The Morgan fingerprint density at radius 3 is 2.66 bits per heavy atom. The first-order valence-electron chi connectivity index (χ1n) is 11.7. The molecule has 4 rings (SSSR count). The number of nitrogens with zero attached hydrogens (tertiary/aromatic N) is 3. The Morgan fingerprint density at radius 1 is 1.17 bits per heavy atom. The van der Waals surface area contributed by atoms with Gasteiger partial charge in [0.05, 0.1) is 16.8 Å². The van der Waals surface area contributed by atoms with Gasteiger partial charge in [-0.15, -0.1) is 0 Å². The van der Waals surface area contributed by atoms with Crippen molar-refractivity contribution in [2.75, 3.05) is 10.7 Å². The second-order valence-electron chi connectivity index (χ2n) is 8.52. The molecule has 1 atom stereocenters. The van der Waals surface area contributed by atoms with Gasteiger partial charge in [0.25, 0.3) is 6.17 Å². The molecule has 0 saturated carbocycles. The normalized spacial score (nSPS) is 14.3. The van der Waals surface area contributed by atoms with E-state index in [1.807, 2.05) is 37.3 Å². The van der Waals surface area contributed by atoms with Crippen LogP contribution < -0.4 is 19.9 Å². The lowest BCUT2D eigenvalue weighted by Gasteiger charge is -2.32. The van der Waals surface area contributed by atoms with Crippen LogP contribution in [0.4, 0.5) is 5.69 Å². The minimum Gasteiger partial charge on any atom is -0.426 e. The number of unbranched alkanes of at least 4 members (excludes halogenated alkanes) is 2. The molecule has 9 heteroatoms. The predicted octanol–water partition coefficient (Wildman–Crippen LogP) is 4.15. The minimum atomic E-state index is -0.816. The Kier molecular flexibility index (Phi) is 7.35. The Balaban J connectivity index is 1.97. The molecule has 0 radical (unpaired) electrons. The number of hydrogen-bond donors (Lipinski definition) is 1. The van der Waals surface area contributed by atoms with Crippen LogP contribution in [0.1, 0.15) is 57.3 Å². The zero-order valence-corrected chi connectivity index (χ0v) is 21.1. The minimum absolute atomic E-state index is 0.227. The van der Waals surface area contributed by atoms with Crippen LogP contribution in [0.2, 0.25) is 0 Å². The number of aromatic nitrogens is 3. The molecule has 0 fully saturated rings. The Morgan fingerprint density at radius 2 is 1.94 bits per heavy atom. The van der Waals surface area contributed by atoms with Gasteiger partial charge in [-0.25, -0.2) is 4.90 Å². The summed E-state index contributed by atoms with van der Waals surface area (Å²) in [5, 5.41) is 5.28. The third kappa shape index (κ3) is 5.00. The second kappa shape index (κ2) is 10.4. The number of rotatable bonds is 7. The first-order valence-corrected chi connectivity index (χ1v) is 12.7. The van der Waals surface area contributed by atoms with Gasteiger partial charge in [-0.05, 0) is 42.3 Å². The molecule has 2 heterocycles. The Bertz CT molecular complexity index is 1340. The molecule has 3 aromatic rings. The molecule has 1 N–H and O–H groups in total. The van der Waals surface area contributed by atoms with E-state index in [2.05, 4.69) is 11.9 Å². The molecule has 182 valence electrons. The van der Waals surface area contributed by atoms with E-state index in [0.717, 1.165) is 30.6 Å². The van der Waals surface area contributed by atoms with Crippen LogP contribution >= 0.6 is 11.8 Å². The van der Waals surface area contributed by atoms with Gasteiger partial charge >= 0.3 is 17.2 Å². The summed E-state index contributed by atoms with van der Waals surface area (Å²) in [5.74, 6) is 0.431. The summed E-state index contributed by atoms with van der Waals surface area (Å²) in [7, 11) is 0. The molecule has 0 unspecified atom stereocenters. The zero-order chi connectivity index (χ0) is 25.1. The van der Waals surface area contributed by atoms with Crippen LogP contribution in [0, 0.1) is 6.92 Å². The van der Waals surface area contributed by atoms with E-state index >= 15 is 0 Å². The topological polar surface area (TPSA) is 96.2 Å². The first kappa shape index (κ1) is 24.7. The summed E-state index contributed by atoms with van der Waals surface area (Å²) in [6.45, 7) is 6.87. The number of ether oxygens (including phenoxy) is 1. The van der Waals surface area contributed by atoms with E-state index in [1.165, 1.54) is 25.6 Å². The average Bonchev–Trinajstić information content (AvgIpc) is 2.81. The van der Waals surface area contributed by atoms with Crippen molar-refractivity contribution in [2.45, 2.75) is 58.3 Å². The smallest absolute Gasteiger partial charge is 0.325 e. The second-order valence-corrected chi connectivity index (χ2v) is 9.61. The lowest BCUT2D eigenvalue weighted by atomic mass is 10.00. The third-order valence-electron chi connectivity index (χ3n) is 5.78. The van der Waals surface area contributed by atoms with Gasteiger partial charge < -0.3 is 4.74 Å². The number of amides is 1. The number of hydrogen-bond acceptors (Lipinski definition) is 6. The van der Waals surface area contributed by atoms with Crippen molar-refractivity contribution < 1.29 is 19.0 Å². The van der Waals surface area contributed by atoms with Crippen LogP contribution in [0.15, 0.2) is 52.4 Å². The number of fused-ring (bicyclic) bond motifs is 3. The maximum absolute atomic E-state index is 13.4. The molecule has 0 bridgehead atoms. The molecule has 1 aliphatic heterocycles. The highest BCUT2D eigenvalue weighted by atomic mass is 32.2. The summed E-state index contributed by atoms with van der Waals surface area (Å²) in [6, 6.07) is 12.7. The van der Waals surface area contributed by atoms with Crippen LogP contribution in [0.3, 0.4) is 0 Å². The lowest BCUT2D eigenvalue weighted by Crippen LogP contribution is -2.60. The zero-order valence-electron chi connectivity index (χ0n) is 20.3. The summed E-state index contributed by atoms with van der Waals surface area (Å²) in [6.07, 6.45) is 2.39. The van der Waals surface area contributed by atoms with Crippen molar-refractivity contribution in [1.82, 2.24) is 10.1 Å². The summed E-state index contributed by atoms with van der Waals surface area (Å²) in [5.41, 5.74) is 2.74. The van der Waals surface area contributed by atoms with Gasteiger partial charge in [-0.2, -0.15) is 0 Å². The molecule has 1 aliphatic rings. The quantitative estimate of drug-likeness (QED) is 0.175. The van der Waals surface area contributed by atoms with Gasteiger partial charge in [0, 0.05) is 24.7 Å². The summed E-state index contributed by atoms with van der Waals surface area (Å²) in [4.78, 5) is 42.9. The van der Waals surface area contributed by atoms with Gasteiger partial charge in [0.2, 0.25) is 11.1 Å². The highest BCUT2D eigenvalue weighted by Gasteiger charge is 2.46. The standard InChI is InChI=1S/C26H28N4O4S/c1-5-6-9-14-35-26-27-24(33)23-19-10-7-8-11-21(19)29(17(3)31)25(30(23)28-26)20-15-16(2)12-13-22(20)34-18(4)32/h7-8,10-13,15,25H,5-6,9,14H2,1-4H3/p+1/t25-/m1/s1. The Labute approximate surface area is 208 Å². The number of para-hydroxylation sites is 1. The van der Waals surface area contributed by atoms with Crippen LogP contribution in [-0.2, 0) is 9.59 Å². The highest BCUT2D eigenvalue weighted by molar-refractivity contribution is 7.99. The molecule has 2 aromatic carbocycles. The molecular weight excluding hydrogens is 464 g/mol. The highest BCUT2D eigenvalue weighted by Crippen LogP contribution is 2.40. The number of carbonyl (C=O) groups is 2. The van der Waals surface area contributed by atoms with Gasteiger partial charge in [0.1, 0.15) is 5.75 Å². The van der Waals surface area contributed by atoms with Gasteiger partial charge in [0.15, 0.2) is 0 Å². The van der Waals surface area contributed by atoms with E-state index in [1.54, 1.807) is 21.7 Å². The fourth-order valence-corrected chi connectivity index (χ4v) is 5.15. The lowest BCUT2D eigenvalue weighted by molar-refractivity contribution is -0.763. The van der Waals surface area contributed by atoms with E-state index in [-0.39, 0.29) is 11.5 Å². The number of H-pyrrole nitrogens is 1. The number of anilines is 1. The van der Waals surface area contributed by atoms with Crippen molar-refractivity contribution in [2.24, 2.45) is 0 Å². The largest absolute Gasteiger partial charge is 0.426 e. The number of nitrogens with one attached hydrogen (secondary N) is 1. The first-order chi connectivity index (χ1) is 16.8. The van der Waals surface area contributed by atoms with Crippen LogP contribution in [-0.4, -0.2) is 27.7 Å². The molecule has 0 aliphatic carbocycles. The Hall–Kier alpha value is -3.46. The number of thioether (sulfide) groups is 1. The molecule has 8 nitrogen and oxygen atoms in total. The molecule has 0 saturated heterocycles. The fraction of sp³-hybridized carbons (Fsp3) is 0.346. The number of benzene rings is 2. The fourth-order valence-electron chi connectivity index (χ4n) is 4.30. The van der Waals surface area contributed by atoms with E-state index in [9.17, 15) is 14.4 Å². The molecule has 0 spiro atoms. The van der Waals surface area contributed by atoms with E-state index < -0.39 is 12.1 Å².